The summed E-state index contributed by atoms with van der Waals surface area (Å²) < 4.78 is 33.9. The van der Waals surface area contributed by atoms with Crippen LogP contribution in [0.3, 0.4) is 0 Å². The average Bonchev–Trinajstić information content (AvgIpc) is 3.14. The van der Waals surface area contributed by atoms with Crippen LogP contribution in [0.5, 0.6) is 0 Å². The lowest BCUT2D eigenvalue weighted by Crippen LogP contribution is -2.71. The van der Waals surface area contributed by atoms with Crippen LogP contribution in [0.1, 0.15) is 26.7 Å². The van der Waals surface area contributed by atoms with Crippen molar-refractivity contribution in [2.45, 2.75) is 149 Å². The topological polar surface area (TPSA) is 414 Å². The fourth-order valence-corrected chi connectivity index (χ4v) is 7.50. The number of carbonyl (C=O) groups excluding carboxylic acids is 1. The van der Waals surface area contributed by atoms with Crippen molar-refractivity contribution in [1.82, 2.24) is 10.6 Å². The normalized spacial score (nSPS) is 45.7. The van der Waals surface area contributed by atoms with Crippen LogP contribution in [0.15, 0.2) is 0 Å². The zero-order chi connectivity index (χ0) is 42.0. The van der Waals surface area contributed by atoms with E-state index in [0.29, 0.717) is 0 Å². The molecule has 4 rings (SSSR count). The van der Waals surface area contributed by atoms with E-state index >= 15 is 0 Å². The van der Waals surface area contributed by atoms with Gasteiger partial charge in [0.2, 0.25) is 5.91 Å². The molecule has 0 aromatic heterocycles. The summed E-state index contributed by atoms with van der Waals surface area (Å²) in [6.45, 7) is -0.715. The Hall–Kier alpha value is -2.51. The van der Waals surface area contributed by atoms with E-state index in [1.165, 1.54) is 6.92 Å². The number of aliphatic hydroxyl groups is 12. The second-order valence-electron chi connectivity index (χ2n) is 14.2. The van der Waals surface area contributed by atoms with Gasteiger partial charge in [-0.2, -0.15) is 0 Å². The Labute approximate surface area is 317 Å². The molecular weight excluding hydrogens is 768 g/mol. The molecule has 0 aromatic carbocycles. The van der Waals surface area contributed by atoms with Crippen molar-refractivity contribution >= 4 is 18.0 Å². The van der Waals surface area contributed by atoms with Gasteiger partial charge in [-0.25, -0.2) is 9.59 Å². The van der Waals surface area contributed by atoms with Crippen molar-refractivity contribution in [3.63, 3.8) is 0 Å². The molecule has 19 unspecified atom stereocenters. The molecule has 0 spiro atoms. The fraction of sp³-hybridized carbons (Fsp3) is 0.903. The van der Waals surface area contributed by atoms with E-state index in [0.717, 1.165) is 6.92 Å². The second kappa shape index (κ2) is 19.0. The summed E-state index contributed by atoms with van der Waals surface area (Å²) in [4.78, 5) is 36.6. The first-order chi connectivity index (χ1) is 26.2. The fourth-order valence-electron chi connectivity index (χ4n) is 7.50. The molecule has 0 saturated carbocycles. The zero-order valence-electron chi connectivity index (χ0n) is 30.0. The minimum atomic E-state index is -3.12. The van der Waals surface area contributed by atoms with Crippen molar-refractivity contribution in [3.8, 4) is 0 Å². The molecule has 2 amide bonds. The Balaban J connectivity index is 1.71. The molecule has 0 aliphatic carbocycles. The number of aliphatic hydroxyl groups excluding tert-OH is 12. The number of carbonyl (C=O) groups is 3. The molecule has 4 aliphatic heterocycles. The molecule has 0 aromatic rings. The van der Waals surface area contributed by atoms with Gasteiger partial charge >= 0.3 is 12.1 Å². The van der Waals surface area contributed by atoms with Gasteiger partial charge in [-0.15, -0.1) is 0 Å². The summed E-state index contributed by atoms with van der Waals surface area (Å²) in [5.74, 6) is -7.34. The summed E-state index contributed by atoms with van der Waals surface area (Å²) in [6, 6.07) is -3.25. The maximum atomic E-state index is 12.9. The Morgan fingerprint density at radius 3 is 1.98 bits per heavy atom. The lowest BCUT2D eigenvalue weighted by atomic mass is 9.80. The largest absolute Gasteiger partial charge is 0.477 e. The first-order valence-corrected chi connectivity index (χ1v) is 17.6. The number of ether oxygens (including phenoxy) is 6. The molecule has 4 saturated heterocycles. The van der Waals surface area contributed by atoms with E-state index in [1.54, 1.807) is 0 Å². The average molecular weight is 821 g/mol. The van der Waals surface area contributed by atoms with Crippen LogP contribution in [0.4, 0.5) is 4.79 Å². The van der Waals surface area contributed by atoms with Gasteiger partial charge in [-0.1, -0.05) is 0 Å². The van der Waals surface area contributed by atoms with Crippen molar-refractivity contribution in [2.24, 2.45) is 5.92 Å². The number of amides is 2. The van der Waals surface area contributed by atoms with Gasteiger partial charge in [-0.05, 0) is 13.3 Å². The number of rotatable bonds is 14. The van der Waals surface area contributed by atoms with E-state index in [2.05, 4.69) is 5.32 Å². The zero-order valence-corrected chi connectivity index (χ0v) is 30.0. The van der Waals surface area contributed by atoms with E-state index in [9.17, 15) is 85.9 Å². The number of nitrogens with one attached hydrogen (secondary N) is 2. The minimum Gasteiger partial charge on any atom is -0.477 e. The van der Waals surface area contributed by atoms with Crippen molar-refractivity contribution in [2.75, 3.05) is 19.8 Å². The monoisotopic (exact) mass is 820 g/mol. The molecule has 4 heterocycles. The highest BCUT2D eigenvalue weighted by Gasteiger charge is 2.60. The van der Waals surface area contributed by atoms with Gasteiger partial charge in [0, 0.05) is 19.3 Å². The first-order valence-electron chi connectivity index (χ1n) is 17.6. The molecule has 0 bridgehead atoms. The molecule has 21 atom stereocenters. The van der Waals surface area contributed by atoms with Gasteiger partial charge < -0.3 is 111 Å². The van der Waals surface area contributed by atoms with Crippen LogP contribution >= 0.6 is 0 Å². The highest BCUT2D eigenvalue weighted by molar-refractivity contribution is 5.76. The molecule has 16 N–H and O–H groups in total. The minimum absolute atomic E-state index is 0.497. The summed E-state index contributed by atoms with van der Waals surface area (Å²) in [5.41, 5.74) is 0. The van der Waals surface area contributed by atoms with E-state index in [-0.39, 0.29) is 0 Å². The van der Waals surface area contributed by atoms with Crippen LogP contribution in [0.2, 0.25) is 0 Å². The second-order valence-corrected chi connectivity index (χ2v) is 14.2. The van der Waals surface area contributed by atoms with Crippen molar-refractivity contribution in [1.29, 1.82) is 0 Å². The van der Waals surface area contributed by atoms with Gasteiger partial charge in [0.25, 0.3) is 5.79 Å². The number of aliphatic carboxylic acids is 1. The summed E-state index contributed by atoms with van der Waals surface area (Å²) in [5, 5.41) is 151. The van der Waals surface area contributed by atoms with E-state index in [1.807, 2.05) is 5.32 Å². The highest BCUT2D eigenvalue weighted by Crippen LogP contribution is 2.40. The number of carboxylic acid groups (broad SMARTS) is 2. The predicted octanol–water partition coefficient (Wildman–Crippen LogP) is -8.43. The van der Waals surface area contributed by atoms with Crippen LogP contribution in [-0.4, -0.2) is 231 Å². The molecule has 4 aliphatic rings. The molecule has 56 heavy (non-hydrogen) atoms. The summed E-state index contributed by atoms with van der Waals surface area (Å²) in [7, 11) is 0. The number of hydrogen-bond acceptors (Lipinski definition) is 21. The summed E-state index contributed by atoms with van der Waals surface area (Å²) >= 11 is 0. The molecule has 25 heteroatoms. The lowest BCUT2D eigenvalue weighted by molar-refractivity contribution is -0.381. The molecule has 324 valence electrons. The van der Waals surface area contributed by atoms with E-state index < -0.39 is 179 Å². The van der Waals surface area contributed by atoms with Crippen LogP contribution in [-0.2, 0) is 38.0 Å². The Morgan fingerprint density at radius 2 is 1.43 bits per heavy atom. The molecule has 0 radical (unpaired) electrons. The maximum Gasteiger partial charge on any atom is 0.405 e. The third-order valence-electron chi connectivity index (χ3n) is 10.4. The SMILES string of the molecule is CC(=O)NC1C(O)CC(OC2C(O)C(CO)OC(OC3C(CO)OC(O)C(NC(=O)O)C3CC3OC(C)C(O)C(O)C3O)C2O)(C(=O)O)OC1[C@H](O)[C@H](O)CO. The van der Waals surface area contributed by atoms with Gasteiger partial charge in [0.1, 0.15) is 67.1 Å². The summed E-state index contributed by atoms with van der Waals surface area (Å²) in [6.07, 6.45) is -34.7. The van der Waals surface area contributed by atoms with Gasteiger partial charge in [0.15, 0.2) is 12.6 Å². The maximum absolute atomic E-state index is 12.9. The number of carboxylic acids is 1. The quantitative estimate of drug-likeness (QED) is 0.0773. The highest BCUT2D eigenvalue weighted by atomic mass is 16.8. The van der Waals surface area contributed by atoms with Gasteiger partial charge in [0.05, 0.1) is 56.3 Å². The van der Waals surface area contributed by atoms with Crippen molar-refractivity contribution in [3.05, 3.63) is 0 Å². The Bertz CT molecular complexity index is 1330. The smallest absolute Gasteiger partial charge is 0.405 e. The van der Waals surface area contributed by atoms with Crippen LogP contribution in [0, 0.1) is 5.92 Å². The van der Waals surface area contributed by atoms with Crippen molar-refractivity contribution < 1.29 is 114 Å². The van der Waals surface area contributed by atoms with E-state index in [4.69, 9.17) is 28.4 Å². The first kappa shape index (κ1) is 46.2. The standard InChI is InChI=1S/C31H52N2O23/c1-8-18(40)22(44)20(42)13(51-8)3-10-16(33-30(49)50)27(46)52-15(7-36)24(10)54-28-23(45)26(21(43)14(6-35)53-28)56-31(29(47)48)4-11(38)17(32-9(2)37)25(55-31)19(41)12(39)5-34/h8,10-28,33-36,38-46H,3-7H2,1-2H3,(H,32,37)(H,47,48)(H,49,50)/t8?,10?,11?,12-,13?,14?,15?,16?,17?,18?,19-,20?,21?,22?,23?,24?,25?,26?,27?,28?,31?/m1/s1. The van der Waals surface area contributed by atoms with Gasteiger partial charge in [-0.3, -0.25) is 4.79 Å². The Kier molecular flexibility index (Phi) is 15.7. The molecular formula is C31H52N2O23. The van der Waals surface area contributed by atoms with Crippen LogP contribution < -0.4 is 10.6 Å². The third kappa shape index (κ3) is 9.67. The van der Waals surface area contributed by atoms with Crippen LogP contribution in [0.25, 0.3) is 0 Å². The Morgan fingerprint density at radius 1 is 0.786 bits per heavy atom. The third-order valence-corrected chi connectivity index (χ3v) is 10.4. The molecule has 4 fully saturated rings. The lowest BCUT2D eigenvalue weighted by Gasteiger charge is -2.51. The predicted molar refractivity (Wildman–Crippen MR) is 173 cm³/mol. The molecule has 25 nitrogen and oxygen atoms in total. The number of hydrogen-bond donors (Lipinski definition) is 16.